The van der Waals surface area contributed by atoms with Crippen LogP contribution in [0.2, 0.25) is 0 Å². The first kappa shape index (κ1) is 25.7. The molecule has 2 atom stereocenters. The van der Waals surface area contributed by atoms with Gasteiger partial charge in [0.05, 0.1) is 25.6 Å². The van der Waals surface area contributed by atoms with Gasteiger partial charge in [-0.05, 0) is 18.9 Å². The summed E-state index contributed by atoms with van der Waals surface area (Å²) in [5.41, 5.74) is -1.24. The number of piperidine rings is 3. The van der Waals surface area contributed by atoms with Gasteiger partial charge in [-0.3, -0.25) is 10.1 Å². The van der Waals surface area contributed by atoms with Crippen molar-refractivity contribution < 1.29 is 45.3 Å². The third kappa shape index (κ3) is 5.26. The second-order valence-corrected chi connectivity index (χ2v) is 10.0. The smallest absolute Gasteiger partial charge is 0.343 e. The van der Waals surface area contributed by atoms with Crippen molar-refractivity contribution in [1.82, 2.24) is 15.0 Å². The van der Waals surface area contributed by atoms with E-state index in [9.17, 15) is 14.7 Å². The molecule has 3 aliphatic heterocycles. The molecule has 2 aromatic rings. The number of rotatable bonds is 7. The van der Waals surface area contributed by atoms with E-state index in [4.69, 9.17) is 9.15 Å². The van der Waals surface area contributed by atoms with Gasteiger partial charge in [0.2, 0.25) is 5.95 Å². The molecule has 1 unspecified atom stereocenters. The molecule has 4 aliphatic rings. The number of aliphatic hydroxyl groups is 1. The maximum absolute atomic E-state index is 13.6. The number of hydrogen-bond donors (Lipinski definition) is 2. The van der Waals surface area contributed by atoms with Crippen LogP contribution in [0.4, 0.5) is 5.95 Å². The Morgan fingerprint density at radius 1 is 1.14 bits per heavy atom. The van der Waals surface area contributed by atoms with Crippen LogP contribution in [-0.4, -0.2) is 68.7 Å². The Balaban J connectivity index is 0.00000289. The Bertz CT molecular complexity index is 993. The van der Waals surface area contributed by atoms with Crippen molar-refractivity contribution in [3.8, 4) is 0 Å². The third-order valence-corrected chi connectivity index (χ3v) is 7.99. The van der Waals surface area contributed by atoms with Crippen LogP contribution in [0.5, 0.6) is 0 Å². The van der Waals surface area contributed by atoms with Gasteiger partial charge in [0, 0.05) is 30.2 Å². The zero-order valence-electron chi connectivity index (χ0n) is 19.6. The topological polar surface area (TPSA) is 127 Å². The second kappa shape index (κ2) is 10.7. The van der Waals surface area contributed by atoms with Gasteiger partial charge in [0.25, 0.3) is 5.91 Å². The van der Waals surface area contributed by atoms with E-state index in [-0.39, 0.29) is 53.3 Å². The summed E-state index contributed by atoms with van der Waals surface area (Å²) in [6.07, 6.45) is 11.7. The van der Waals surface area contributed by atoms with E-state index in [1.165, 1.54) is 25.2 Å². The summed E-state index contributed by atoms with van der Waals surface area (Å²) in [7, 11) is 0. The lowest BCUT2D eigenvalue weighted by molar-refractivity contribution is -0.939. The van der Waals surface area contributed by atoms with Crippen LogP contribution in [-0.2, 0) is 19.9 Å². The van der Waals surface area contributed by atoms with Crippen LogP contribution in [0, 0.1) is 11.8 Å². The van der Waals surface area contributed by atoms with Crippen LogP contribution in [0.25, 0.3) is 0 Å². The Morgan fingerprint density at radius 3 is 2.51 bits per heavy atom. The Morgan fingerprint density at radius 2 is 1.86 bits per heavy atom. The fourth-order valence-corrected chi connectivity index (χ4v) is 6.10. The van der Waals surface area contributed by atoms with Crippen molar-refractivity contribution in [2.45, 2.75) is 56.7 Å². The zero-order chi connectivity index (χ0) is 23.6. The van der Waals surface area contributed by atoms with Gasteiger partial charge in [0.1, 0.15) is 19.2 Å². The Hall–Kier alpha value is -2.37. The molecule has 2 bridgehead atoms. The molecule has 6 rings (SSSR count). The lowest BCUT2D eigenvalue weighted by Crippen LogP contribution is -3.00. The number of hydrogen-bond acceptors (Lipinski definition) is 8. The zero-order valence-corrected chi connectivity index (χ0v) is 21.2. The average molecular weight is 550 g/mol. The lowest BCUT2D eigenvalue weighted by Gasteiger charge is -2.52. The molecule has 35 heavy (non-hydrogen) atoms. The molecule has 5 heterocycles. The van der Waals surface area contributed by atoms with Crippen LogP contribution in [0.1, 0.15) is 50.5 Å². The molecule has 0 aromatic carbocycles. The highest BCUT2D eigenvalue weighted by Gasteiger charge is 2.53. The molecule has 2 N–H and O–H groups in total. The maximum Gasteiger partial charge on any atom is 0.343 e. The minimum Gasteiger partial charge on any atom is -1.00 e. The van der Waals surface area contributed by atoms with E-state index in [0.717, 1.165) is 58.0 Å². The van der Waals surface area contributed by atoms with Crippen LogP contribution in [0.15, 0.2) is 35.7 Å². The van der Waals surface area contributed by atoms with Crippen LogP contribution >= 0.6 is 0 Å². The van der Waals surface area contributed by atoms with Crippen LogP contribution in [0.3, 0.4) is 0 Å². The summed E-state index contributed by atoms with van der Waals surface area (Å²) < 4.78 is 11.9. The van der Waals surface area contributed by atoms with Gasteiger partial charge in [0.15, 0.2) is 18.2 Å². The predicted molar refractivity (Wildman–Crippen MR) is 120 cm³/mol. The molecule has 4 fully saturated rings. The molecule has 1 saturated carbocycles. The first-order valence-corrected chi connectivity index (χ1v) is 12.2. The number of anilines is 1. The first-order valence-electron chi connectivity index (χ1n) is 12.2. The van der Waals surface area contributed by atoms with Crippen LogP contribution < -0.4 is 22.3 Å². The predicted octanol–water partition coefficient (Wildman–Crippen LogP) is -0.973. The number of fused-ring (bicyclic) bond motifs is 3. The first-order chi connectivity index (χ1) is 16.5. The summed E-state index contributed by atoms with van der Waals surface area (Å²) in [6, 6.07) is 1.66. The fourth-order valence-electron chi connectivity index (χ4n) is 6.10. The monoisotopic (exact) mass is 549 g/mol. The molecule has 1 amide bonds. The summed E-state index contributed by atoms with van der Waals surface area (Å²) in [4.78, 5) is 37.9. The number of aromatic nitrogens is 3. The van der Waals surface area contributed by atoms with E-state index >= 15 is 0 Å². The minimum absolute atomic E-state index is 0. The molecular weight excluding hydrogens is 518 g/mol. The standard InChI is InChI=1S/C24H31N5O5.BrH/c30-21(28-23-26-15-25-16-27-23)13-29-9-6-17(7-10-29)20(12-29)34-22(31)24(32,19-8-11-33-14-19)18-4-2-1-3-5-18;/h8,11,14-18,20,32H,1-7,9-10,12-13H2;1H/t17?,20-,24?,29?;/m0./s1. The Labute approximate surface area is 214 Å². The molecule has 0 spiro atoms. The number of quaternary nitrogens is 1. The van der Waals surface area contributed by atoms with Gasteiger partial charge < -0.3 is 35.7 Å². The second-order valence-electron chi connectivity index (χ2n) is 10.0. The summed E-state index contributed by atoms with van der Waals surface area (Å²) in [6.45, 7) is 2.55. The van der Waals surface area contributed by atoms with Gasteiger partial charge in [-0.25, -0.2) is 19.7 Å². The van der Waals surface area contributed by atoms with E-state index < -0.39 is 11.6 Å². The molecule has 1 aliphatic carbocycles. The van der Waals surface area contributed by atoms with Crippen molar-refractivity contribution in [3.05, 3.63) is 36.8 Å². The number of nitrogens with one attached hydrogen (secondary N) is 1. The molecule has 190 valence electrons. The molecule has 10 nitrogen and oxygen atoms in total. The van der Waals surface area contributed by atoms with E-state index in [2.05, 4.69) is 20.3 Å². The highest BCUT2D eigenvalue weighted by Crippen LogP contribution is 2.42. The van der Waals surface area contributed by atoms with E-state index in [1.807, 2.05) is 0 Å². The largest absolute Gasteiger partial charge is 1.00 e. The fraction of sp³-hybridized carbons (Fsp3) is 0.625. The number of ether oxygens (including phenoxy) is 1. The van der Waals surface area contributed by atoms with Crippen molar-refractivity contribution in [2.24, 2.45) is 11.8 Å². The number of nitrogens with zero attached hydrogens (tertiary/aromatic N) is 4. The molecule has 11 heteroatoms. The van der Waals surface area contributed by atoms with Gasteiger partial charge in [-0.1, -0.05) is 19.3 Å². The van der Waals surface area contributed by atoms with E-state index in [1.54, 1.807) is 6.07 Å². The number of carbonyl (C=O) groups is 2. The molecule has 3 saturated heterocycles. The highest BCUT2D eigenvalue weighted by atomic mass is 79.9. The maximum atomic E-state index is 13.6. The molecule has 2 aromatic heterocycles. The number of amides is 1. The Kier molecular flexibility index (Phi) is 7.87. The quantitative estimate of drug-likeness (QED) is 0.333. The van der Waals surface area contributed by atoms with Gasteiger partial charge >= 0.3 is 5.97 Å². The summed E-state index contributed by atoms with van der Waals surface area (Å²) in [5.74, 6) is -0.482. The lowest BCUT2D eigenvalue weighted by atomic mass is 9.74. The van der Waals surface area contributed by atoms with Gasteiger partial charge in [-0.2, -0.15) is 0 Å². The number of halogens is 1. The van der Waals surface area contributed by atoms with Crippen molar-refractivity contribution >= 4 is 17.8 Å². The number of esters is 1. The normalized spacial score (nSPS) is 27.9. The van der Waals surface area contributed by atoms with Crippen molar-refractivity contribution in [1.29, 1.82) is 0 Å². The average Bonchev–Trinajstić information content (AvgIpc) is 3.40. The van der Waals surface area contributed by atoms with Gasteiger partial charge in [-0.15, -0.1) is 0 Å². The van der Waals surface area contributed by atoms with Crippen molar-refractivity contribution in [3.63, 3.8) is 0 Å². The summed E-state index contributed by atoms with van der Waals surface area (Å²) >= 11 is 0. The van der Waals surface area contributed by atoms with Crippen molar-refractivity contribution in [2.75, 3.05) is 31.5 Å². The third-order valence-electron chi connectivity index (χ3n) is 7.99. The SMILES string of the molecule is O=C(C[N+]12CCC(CC1)[C@@H](OC(=O)C(O)(c1ccoc1)C1CCCCC1)C2)Nc1ncncn1.[Br-]. The van der Waals surface area contributed by atoms with E-state index in [0.29, 0.717) is 16.6 Å². The highest BCUT2D eigenvalue weighted by molar-refractivity contribution is 5.89. The summed E-state index contributed by atoms with van der Waals surface area (Å²) in [5, 5.41) is 14.4. The number of carbonyl (C=O) groups excluding carboxylic acids is 2. The molecule has 0 radical (unpaired) electrons. The number of furan rings is 1. The molecular formula is C24H32BrN5O5. The minimum atomic E-state index is -1.71.